The van der Waals surface area contributed by atoms with Crippen molar-refractivity contribution in [1.82, 2.24) is 4.31 Å². The summed E-state index contributed by atoms with van der Waals surface area (Å²) >= 11 is 0. The third-order valence-corrected chi connectivity index (χ3v) is 5.70. The highest BCUT2D eigenvalue weighted by atomic mass is 32.2. The minimum absolute atomic E-state index is 0.0505. The van der Waals surface area contributed by atoms with Gasteiger partial charge in [0, 0.05) is 19.5 Å². The number of fused-ring (bicyclic) bond motifs is 1. The van der Waals surface area contributed by atoms with Crippen molar-refractivity contribution in [3.63, 3.8) is 0 Å². The van der Waals surface area contributed by atoms with Gasteiger partial charge in [0.25, 0.3) is 0 Å². The Balaban J connectivity index is 2.34. The van der Waals surface area contributed by atoms with E-state index in [0.717, 1.165) is 30.6 Å². The maximum absolute atomic E-state index is 12.6. The second-order valence-electron chi connectivity index (χ2n) is 4.86. The lowest BCUT2D eigenvalue weighted by molar-refractivity contribution is 0.349. The third kappa shape index (κ3) is 2.62. The molecule has 0 bridgehead atoms. The molecule has 1 aromatic carbocycles. The molecule has 0 atom stereocenters. The summed E-state index contributed by atoms with van der Waals surface area (Å²) in [4.78, 5) is 0.367. The molecule has 0 N–H and O–H groups in total. The number of hydrogen-bond donors (Lipinski definition) is 0. The van der Waals surface area contributed by atoms with Crippen LogP contribution in [0.2, 0.25) is 0 Å². The number of nitrogens with zero attached hydrogens (tertiary/aromatic N) is 1. The second-order valence-corrected chi connectivity index (χ2v) is 6.86. The number of sulfonamides is 1. The average Bonchev–Trinajstić information content (AvgIpc) is 2.87. The lowest BCUT2D eigenvalue weighted by atomic mass is 10.2. The van der Waals surface area contributed by atoms with Crippen LogP contribution in [-0.2, 0) is 16.4 Å². The van der Waals surface area contributed by atoms with E-state index in [-0.39, 0.29) is 6.04 Å². The summed E-state index contributed by atoms with van der Waals surface area (Å²) < 4.78 is 32.1. The van der Waals surface area contributed by atoms with Crippen LogP contribution in [0.5, 0.6) is 5.75 Å². The molecule has 0 fully saturated rings. The second kappa shape index (κ2) is 5.51. The molecular weight excluding hydrogens is 262 g/mol. The van der Waals surface area contributed by atoms with Gasteiger partial charge < -0.3 is 4.74 Å². The molecule has 2 rings (SSSR count). The van der Waals surface area contributed by atoms with E-state index in [9.17, 15) is 8.42 Å². The first kappa shape index (κ1) is 14.3. The van der Waals surface area contributed by atoms with Crippen molar-refractivity contribution in [3.8, 4) is 5.75 Å². The number of rotatable bonds is 5. The van der Waals surface area contributed by atoms with Gasteiger partial charge in [0.05, 0.1) is 11.5 Å². The number of benzene rings is 1. The molecule has 0 amide bonds. The maximum atomic E-state index is 12.6. The minimum atomic E-state index is -3.41. The SMILES string of the molecule is CCC(CC)N(C)S(=O)(=O)c1ccc2c(c1)CCO2. The Hall–Kier alpha value is -1.07. The molecule has 0 unspecified atom stereocenters. The molecule has 0 saturated carbocycles. The highest BCUT2D eigenvalue weighted by molar-refractivity contribution is 7.89. The fourth-order valence-corrected chi connectivity index (χ4v) is 4.04. The fraction of sp³-hybridized carbons (Fsp3) is 0.571. The van der Waals surface area contributed by atoms with Gasteiger partial charge in [-0.2, -0.15) is 4.31 Å². The summed E-state index contributed by atoms with van der Waals surface area (Å²) in [7, 11) is -1.74. The van der Waals surface area contributed by atoms with Crippen LogP contribution in [0.15, 0.2) is 23.1 Å². The molecule has 0 aliphatic carbocycles. The van der Waals surface area contributed by atoms with Gasteiger partial charge in [0.1, 0.15) is 5.75 Å². The molecule has 106 valence electrons. The van der Waals surface area contributed by atoms with E-state index >= 15 is 0 Å². The van der Waals surface area contributed by atoms with Crippen molar-refractivity contribution < 1.29 is 13.2 Å². The normalized spacial score (nSPS) is 14.8. The molecule has 1 heterocycles. The largest absolute Gasteiger partial charge is 0.493 e. The Bertz CT molecular complexity index is 550. The van der Waals surface area contributed by atoms with Gasteiger partial charge in [0.2, 0.25) is 10.0 Å². The Morgan fingerprint density at radius 2 is 2.00 bits per heavy atom. The number of ether oxygens (including phenoxy) is 1. The highest BCUT2D eigenvalue weighted by Crippen LogP contribution is 2.29. The van der Waals surface area contributed by atoms with Crippen LogP contribution in [0.4, 0.5) is 0 Å². The van der Waals surface area contributed by atoms with E-state index < -0.39 is 10.0 Å². The molecule has 19 heavy (non-hydrogen) atoms. The average molecular weight is 283 g/mol. The van der Waals surface area contributed by atoms with Crippen LogP contribution < -0.4 is 4.74 Å². The number of hydrogen-bond acceptors (Lipinski definition) is 3. The van der Waals surface area contributed by atoms with Crippen molar-refractivity contribution in [1.29, 1.82) is 0 Å². The zero-order valence-electron chi connectivity index (χ0n) is 11.7. The summed E-state index contributed by atoms with van der Waals surface area (Å²) in [5.41, 5.74) is 0.985. The van der Waals surface area contributed by atoms with E-state index in [1.54, 1.807) is 25.2 Å². The van der Waals surface area contributed by atoms with Crippen molar-refractivity contribution in [2.75, 3.05) is 13.7 Å². The molecule has 0 aromatic heterocycles. The molecule has 0 saturated heterocycles. The van der Waals surface area contributed by atoms with Gasteiger partial charge in [-0.15, -0.1) is 0 Å². The van der Waals surface area contributed by atoms with Crippen LogP contribution >= 0.6 is 0 Å². The van der Waals surface area contributed by atoms with Crippen LogP contribution in [-0.4, -0.2) is 32.4 Å². The standard InChI is InChI=1S/C14H21NO3S/c1-4-12(5-2)15(3)19(16,17)13-6-7-14-11(10-13)8-9-18-14/h6-7,10,12H,4-5,8-9H2,1-3H3. The van der Waals surface area contributed by atoms with Crippen LogP contribution in [0.25, 0.3) is 0 Å². The Morgan fingerprint density at radius 1 is 1.32 bits per heavy atom. The van der Waals surface area contributed by atoms with E-state index in [1.807, 2.05) is 13.8 Å². The van der Waals surface area contributed by atoms with Gasteiger partial charge in [-0.3, -0.25) is 0 Å². The minimum Gasteiger partial charge on any atom is -0.493 e. The summed E-state index contributed by atoms with van der Waals surface area (Å²) in [5, 5.41) is 0. The summed E-state index contributed by atoms with van der Waals surface area (Å²) in [6.45, 7) is 4.66. The molecule has 4 nitrogen and oxygen atoms in total. The van der Waals surface area contributed by atoms with Crippen molar-refractivity contribution in [3.05, 3.63) is 23.8 Å². The fourth-order valence-electron chi connectivity index (χ4n) is 2.49. The molecule has 1 aliphatic heterocycles. The summed E-state index contributed by atoms with van der Waals surface area (Å²) in [5.74, 6) is 0.809. The molecule has 5 heteroatoms. The van der Waals surface area contributed by atoms with Crippen molar-refractivity contribution in [2.24, 2.45) is 0 Å². The smallest absolute Gasteiger partial charge is 0.243 e. The summed E-state index contributed by atoms with van der Waals surface area (Å²) in [6, 6.07) is 5.19. The molecule has 0 radical (unpaired) electrons. The van der Waals surface area contributed by atoms with E-state index in [1.165, 1.54) is 4.31 Å². The van der Waals surface area contributed by atoms with Crippen molar-refractivity contribution >= 4 is 10.0 Å². The zero-order valence-corrected chi connectivity index (χ0v) is 12.5. The Morgan fingerprint density at radius 3 is 2.63 bits per heavy atom. The van der Waals surface area contributed by atoms with Gasteiger partial charge in [-0.1, -0.05) is 13.8 Å². The Kier molecular flexibility index (Phi) is 4.16. The maximum Gasteiger partial charge on any atom is 0.243 e. The lowest BCUT2D eigenvalue weighted by Gasteiger charge is -2.25. The van der Waals surface area contributed by atoms with Gasteiger partial charge in [0.15, 0.2) is 0 Å². The molecule has 1 aromatic rings. The van der Waals surface area contributed by atoms with Gasteiger partial charge >= 0.3 is 0 Å². The monoisotopic (exact) mass is 283 g/mol. The van der Waals surface area contributed by atoms with E-state index in [4.69, 9.17) is 4.74 Å². The van der Waals surface area contributed by atoms with E-state index in [2.05, 4.69) is 0 Å². The first-order valence-electron chi connectivity index (χ1n) is 6.74. The van der Waals surface area contributed by atoms with Crippen LogP contribution in [0, 0.1) is 0 Å². The van der Waals surface area contributed by atoms with Gasteiger partial charge in [-0.05, 0) is 36.6 Å². The third-order valence-electron chi connectivity index (χ3n) is 3.79. The van der Waals surface area contributed by atoms with Crippen molar-refractivity contribution in [2.45, 2.75) is 44.0 Å². The van der Waals surface area contributed by atoms with Crippen LogP contribution in [0.3, 0.4) is 0 Å². The van der Waals surface area contributed by atoms with Crippen LogP contribution in [0.1, 0.15) is 32.3 Å². The van der Waals surface area contributed by atoms with E-state index in [0.29, 0.717) is 11.5 Å². The summed E-state index contributed by atoms with van der Waals surface area (Å²) in [6.07, 6.45) is 2.42. The molecule has 0 spiro atoms. The topological polar surface area (TPSA) is 46.6 Å². The predicted molar refractivity (Wildman–Crippen MR) is 75.0 cm³/mol. The quantitative estimate of drug-likeness (QED) is 0.834. The first-order chi connectivity index (χ1) is 9.00. The van der Waals surface area contributed by atoms with Gasteiger partial charge in [-0.25, -0.2) is 8.42 Å². The highest BCUT2D eigenvalue weighted by Gasteiger charge is 2.27. The molecule has 1 aliphatic rings. The lowest BCUT2D eigenvalue weighted by Crippen LogP contribution is -2.36. The first-order valence-corrected chi connectivity index (χ1v) is 8.18. The predicted octanol–water partition coefficient (Wildman–Crippen LogP) is 2.43. The molecular formula is C14H21NO3S. The Labute approximate surface area is 115 Å². The zero-order chi connectivity index (χ0) is 14.0.